The average molecular weight is 372 g/mol. The predicted molar refractivity (Wildman–Crippen MR) is 110 cm³/mol. The van der Waals surface area contributed by atoms with Crippen LogP contribution in [0.5, 0.6) is 5.75 Å². The van der Waals surface area contributed by atoms with Gasteiger partial charge in [-0.05, 0) is 60.7 Å². The number of aliphatic carboxylic acids is 1. The highest BCUT2D eigenvalue weighted by molar-refractivity contribution is 6.00. The van der Waals surface area contributed by atoms with Crippen molar-refractivity contribution in [1.82, 2.24) is 4.98 Å². The maximum Gasteiger partial charge on any atom is 0.341 e. The van der Waals surface area contributed by atoms with E-state index in [1.165, 1.54) is 0 Å². The van der Waals surface area contributed by atoms with Crippen LogP contribution in [0.1, 0.15) is 19.5 Å². The molecule has 4 rings (SSSR count). The Morgan fingerprint density at radius 3 is 2.64 bits per heavy atom. The second-order valence-electron chi connectivity index (χ2n) is 7.00. The lowest BCUT2D eigenvalue weighted by Crippen LogP contribution is -2.15. The fourth-order valence-electron chi connectivity index (χ4n) is 3.53. The molecule has 0 aliphatic carbocycles. The number of aromatic nitrogens is 1. The average Bonchev–Trinajstić information content (AvgIpc) is 3.06. The minimum Gasteiger partial charge on any atom is -0.481 e. The van der Waals surface area contributed by atoms with Crippen LogP contribution < -0.4 is 4.74 Å². The van der Waals surface area contributed by atoms with Crippen molar-refractivity contribution in [1.29, 1.82) is 0 Å². The lowest BCUT2D eigenvalue weighted by Gasteiger charge is -2.19. The largest absolute Gasteiger partial charge is 0.481 e. The number of carboxylic acids is 1. The summed E-state index contributed by atoms with van der Waals surface area (Å²) in [5, 5.41) is 10.8. The van der Waals surface area contributed by atoms with E-state index in [-0.39, 0.29) is 6.61 Å². The molecule has 3 aromatic rings. The van der Waals surface area contributed by atoms with Crippen LogP contribution in [0.15, 0.2) is 71.9 Å². The van der Waals surface area contributed by atoms with Crippen molar-refractivity contribution in [3.05, 3.63) is 72.6 Å². The molecule has 0 bridgehead atoms. The van der Waals surface area contributed by atoms with E-state index in [1.807, 2.05) is 62.4 Å². The Balaban J connectivity index is 1.80. The summed E-state index contributed by atoms with van der Waals surface area (Å²) in [6.45, 7) is 3.66. The van der Waals surface area contributed by atoms with Gasteiger partial charge in [-0.25, -0.2) is 4.79 Å². The maximum atomic E-state index is 10.9. The topological polar surface area (TPSA) is 71.8 Å². The first kappa shape index (κ1) is 17.9. The van der Waals surface area contributed by atoms with Crippen LogP contribution in [-0.2, 0) is 10.3 Å². The van der Waals surface area contributed by atoms with Gasteiger partial charge in [0.1, 0.15) is 11.3 Å². The highest BCUT2D eigenvalue weighted by Crippen LogP contribution is 2.37. The predicted octanol–water partition coefficient (Wildman–Crippen LogP) is 4.61. The first-order valence-electron chi connectivity index (χ1n) is 9.05. The monoisotopic (exact) mass is 372 g/mol. The van der Waals surface area contributed by atoms with Crippen molar-refractivity contribution >= 4 is 22.5 Å². The van der Waals surface area contributed by atoms with Crippen molar-refractivity contribution < 1.29 is 14.6 Å². The molecular formula is C23H20N2O3. The molecule has 1 aliphatic heterocycles. The van der Waals surface area contributed by atoms with Crippen LogP contribution in [0.4, 0.5) is 0 Å². The molecular weight excluding hydrogens is 352 g/mol. The van der Waals surface area contributed by atoms with E-state index in [2.05, 4.69) is 17.1 Å². The maximum absolute atomic E-state index is 10.9. The SMILES string of the molecule is CC1=NC(C)(c2cc(-c3ccc(OCC(=O)O)c4ccccc34)ccn2)C=C1. The van der Waals surface area contributed by atoms with E-state index in [0.29, 0.717) is 5.75 Å². The summed E-state index contributed by atoms with van der Waals surface area (Å²) < 4.78 is 5.47. The number of carbonyl (C=O) groups is 1. The van der Waals surface area contributed by atoms with Crippen LogP contribution in [0.2, 0.25) is 0 Å². The van der Waals surface area contributed by atoms with E-state index in [0.717, 1.165) is 33.3 Å². The summed E-state index contributed by atoms with van der Waals surface area (Å²) in [6, 6.07) is 15.6. The second kappa shape index (κ2) is 6.93. The highest BCUT2D eigenvalue weighted by Gasteiger charge is 2.27. The molecule has 5 nitrogen and oxygen atoms in total. The van der Waals surface area contributed by atoms with E-state index in [4.69, 9.17) is 14.8 Å². The van der Waals surface area contributed by atoms with Crippen LogP contribution in [0.25, 0.3) is 21.9 Å². The zero-order valence-corrected chi connectivity index (χ0v) is 15.7. The van der Waals surface area contributed by atoms with Crippen LogP contribution >= 0.6 is 0 Å². The third-order valence-electron chi connectivity index (χ3n) is 4.88. The summed E-state index contributed by atoms with van der Waals surface area (Å²) in [4.78, 5) is 20.1. The van der Waals surface area contributed by atoms with Gasteiger partial charge < -0.3 is 9.84 Å². The zero-order chi connectivity index (χ0) is 19.7. The lowest BCUT2D eigenvalue weighted by molar-refractivity contribution is -0.139. The second-order valence-corrected chi connectivity index (χ2v) is 7.00. The molecule has 0 fully saturated rings. The number of carboxylic acid groups (broad SMARTS) is 1. The standard InChI is InChI=1S/C23H20N2O3/c1-15-9-11-23(2,25-15)21-13-16(10-12-24-21)17-7-8-20(28-14-22(26)27)19-6-4-3-5-18(17)19/h3-13H,14H2,1-2H3,(H,26,27). The molecule has 140 valence electrons. The molecule has 2 aromatic carbocycles. The Labute approximate surface area is 163 Å². The van der Waals surface area contributed by atoms with Crippen molar-refractivity contribution in [3.63, 3.8) is 0 Å². The number of ether oxygens (including phenoxy) is 1. The van der Waals surface area contributed by atoms with Gasteiger partial charge >= 0.3 is 5.97 Å². The van der Waals surface area contributed by atoms with E-state index in [1.54, 1.807) is 6.20 Å². The number of aliphatic imine (C=N–C) groups is 1. The summed E-state index contributed by atoms with van der Waals surface area (Å²) in [5.41, 5.74) is 3.47. The minimum absolute atomic E-state index is 0.370. The molecule has 1 aliphatic rings. The molecule has 0 saturated carbocycles. The summed E-state index contributed by atoms with van der Waals surface area (Å²) in [6.07, 6.45) is 5.88. The molecule has 28 heavy (non-hydrogen) atoms. The number of benzene rings is 2. The van der Waals surface area contributed by atoms with Gasteiger partial charge in [-0.2, -0.15) is 0 Å². The van der Waals surface area contributed by atoms with Crippen molar-refractivity contribution in [3.8, 4) is 16.9 Å². The van der Waals surface area contributed by atoms with E-state index in [9.17, 15) is 4.79 Å². The molecule has 1 unspecified atom stereocenters. The minimum atomic E-state index is -0.999. The molecule has 2 heterocycles. The zero-order valence-electron chi connectivity index (χ0n) is 15.7. The Bertz CT molecular complexity index is 1130. The summed E-state index contributed by atoms with van der Waals surface area (Å²) in [5.74, 6) is -0.442. The molecule has 0 saturated heterocycles. The molecule has 1 atom stereocenters. The fraction of sp³-hybridized carbons (Fsp3) is 0.174. The molecule has 0 spiro atoms. The molecule has 5 heteroatoms. The number of fused-ring (bicyclic) bond motifs is 1. The van der Waals surface area contributed by atoms with Crippen molar-refractivity contribution in [2.75, 3.05) is 6.61 Å². The lowest BCUT2D eigenvalue weighted by atomic mass is 9.93. The van der Waals surface area contributed by atoms with Gasteiger partial charge in [0.2, 0.25) is 0 Å². The molecule has 1 N–H and O–H groups in total. The number of hydrogen-bond acceptors (Lipinski definition) is 4. The normalized spacial score (nSPS) is 18.3. The smallest absolute Gasteiger partial charge is 0.341 e. The molecule has 0 radical (unpaired) electrons. The first-order valence-corrected chi connectivity index (χ1v) is 9.05. The van der Waals surface area contributed by atoms with Gasteiger partial charge in [0, 0.05) is 17.3 Å². The van der Waals surface area contributed by atoms with Gasteiger partial charge in [0.25, 0.3) is 0 Å². The van der Waals surface area contributed by atoms with Gasteiger partial charge in [-0.3, -0.25) is 9.98 Å². The quantitative estimate of drug-likeness (QED) is 0.710. The van der Waals surface area contributed by atoms with E-state index >= 15 is 0 Å². The van der Waals surface area contributed by atoms with Gasteiger partial charge in [-0.15, -0.1) is 0 Å². The van der Waals surface area contributed by atoms with Crippen molar-refractivity contribution in [2.24, 2.45) is 4.99 Å². The van der Waals surface area contributed by atoms with Gasteiger partial charge in [0.05, 0.1) is 5.69 Å². The first-order chi connectivity index (χ1) is 13.5. The Morgan fingerprint density at radius 1 is 1.14 bits per heavy atom. The number of nitrogens with zero attached hydrogens (tertiary/aromatic N) is 2. The van der Waals surface area contributed by atoms with E-state index < -0.39 is 11.5 Å². The van der Waals surface area contributed by atoms with Crippen LogP contribution in [0.3, 0.4) is 0 Å². The number of rotatable bonds is 5. The van der Waals surface area contributed by atoms with Crippen LogP contribution in [-0.4, -0.2) is 28.4 Å². The third-order valence-corrected chi connectivity index (χ3v) is 4.88. The third kappa shape index (κ3) is 3.27. The van der Waals surface area contributed by atoms with Gasteiger partial charge in [-0.1, -0.05) is 30.3 Å². The molecule has 0 amide bonds. The highest BCUT2D eigenvalue weighted by atomic mass is 16.5. The summed E-state index contributed by atoms with van der Waals surface area (Å²) in [7, 11) is 0. The van der Waals surface area contributed by atoms with Gasteiger partial charge in [0.15, 0.2) is 6.61 Å². The molecule has 1 aromatic heterocycles. The Hall–Kier alpha value is -3.47. The number of allylic oxidation sites excluding steroid dienone is 1. The van der Waals surface area contributed by atoms with Crippen molar-refractivity contribution in [2.45, 2.75) is 19.4 Å². The summed E-state index contributed by atoms with van der Waals surface area (Å²) >= 11 is 0. The Kier molecular flexibility index (Phi) is 4.43. The number of pyridine rings is 1. The number of hydrogen-bond donors (Lipinski definition) is 1. The fourth-order valence-corrected chi connectivity index (χ4v) is 3.53. The van der Waals surface area contributed by atoms with Crippen LogP contribution in [0, 0.1) is 0 Å². The Morgan fingerprint density at radius 2 is 1.93 bits per heavy atom.